The van der Waals surface area contributed by atoms with Crippen LogP contribution in [0, 0.1) is 0 Å². The summed E-state index contributed by atoms with van der Waals surface area (Å²) in [6.07, 6.45) is 2.04. The van der Waals surface area contributed by atoms with E-state index in [4.69, 9.17) is 11.6 Å². The van der Waals surface area contributed by atoms with Crippen LogP contribution < -0.4 is 15.5 Å². The molecule has 1 atom stereocenters. The van der Waals surface area contributed by atoms with Gasteiger partial charge in [0.15, 0.2) is 0 Å². The first kappa shape index (κ1) is 10.4. The van der Waals surface area contributed by atoms with Crippen molar-refractivity contribution in [2.45, 2.75) is 5.62 Å². The van der Waals surface area contributed by atoms with Gasteiger partial charge in [0.1, 0.15) is 0 Å². The number of fused-ring (bicyclic) bond motifs is 1. The number of rotatable bonds is 1. The van der Waals surface area contributed by atoms with E-state index in [0.717, 1.165) is 16.3 Å². The zero-order chi connectivity index (χ0) is 11.7. The minimum absolute atomic E-state index is 0.382. The predicted octanol–water partition coefficient (Wildman–Crippen LogP) is 2.09. The van der Waals surface area contributed by atoms with Crippen molar-refractivity contribution in [3.63, 3.8) is 0 Å². The van der Waals surface area contributed by atoms with E-state index in [0.29, 0.717) is 0 Å². The largest absolute Gasteiger partial charge is 0.312 e. The molecule has 0 aliphatic carbocycles. The van der Waals surface area contributed by atoms with Gasteiger partial charge >= 0.3 is 0 Å². The molecule has 17 heavy (non-hydrogen) atoms. The van der Waals surface area contributed by atoms with Crippen LogP contribution >= 0.6 is 11.6 Å². The van der Waals surface area contributed by atoms with Crippen molar-refractivity contribution in [3.8, 4) is 0 Å². The van der Waals surface area contributed by atoms with Gasteiger partial charge in [-0.3, -0.25) is 0 Å². The molecule has 0 aromatic heterocycles. The molecule has 84 valence electrons. The highest BCUT2D eigenvalue weighted by Gasteiger charge is 2.15. The Kier molecular flexibility index (Phi) is 2.57. The van der Waals surface area contributed by atoms with Gasteiger partial charge in [0.25, 0.3) is 0 Å². The average Bonchev–Trinajstić information content (AvgIpc) is 2.39. The second-order valence-electron chi connectivity index (χ2n) is 3.87. The topological polar surface area (TPSA) is 15.6 Å². The lowest BCUT2D eigenvalue weighted by Crippen LogP contribution is -2.39. The van der Waals surface area contributed by atoms with Gasteiger partial charge in [0.05, 0.1) is 5.36 Å². The molecule has 0 bridgehead atoms. The van der Waals surface area contributed by atoms with Gasteiger partial charge in [-0.25, -0.2) is 4.99 Å². The molecule has 0 N–H and O–H groups in total. The predicted molar refractivity (Wildman–Crippen MR) is 70.3 cm³/mol. The van der Waals surface area contributed by atoms with E-state index in [1.54, 1.807) is 0 Å². The van der Waals surface area contributed by atoms with Gasteiger partial charge in [-0.05, 0) is 18.2 Å². The van der Waals surface area contributed by atoms with Crippen LogP contribution in [0.5, 0.6) is 0 Å². The highest BCUT2D eigenvalue weighted by molar-refractivity contribution is 6.22. The highest BCUT2D eigenvalue weighted by atomic mass is 35.5. The molecule has 1 aliphatic heterocycles. The molecule has 0 radical (unpaired) electrons. The lowest BCUT2D eigenvalue weighted by Gasteiger charge is -2.25. The number of halogens is 1. The maximum atomic E-state index is 6.27. The molecule has 1 aliphatic rings. The van der Waals surface area contributed by atoms with Gasteiger partial charge in [0, 0.05) is 17.1 Å². The molecule has 0 amide bonds. The van der Waals surface area contributed by atoms with Crippen LogP contribution in [-0.4, -0.2) is 5.62 Å². The molecule has 0 saturated carbocycles. The molecule has 3 heteroatoms. The summed E-state index contributed by atoms with van der Waals surface area (Å²) in [7, 11) is 0. The second kappa shape index (κ2) is 4.22. The third-order valence-corrected chi connectivity index (χ3v) is 3.05. The van der Waals surface area contributed by atoms with Gasteiger partial charge in [-0.1, -0.05) is 48.0 Å². The summed E-state index contributed by atoms with van der Waals surface area (Å²) in [4.78, 5) is 6.43. The molecule has 0 fully saturated rings. The number of para-hydroxylation sites is 2. The van der Waals surface area contributed by atoms with Crippen molar-refractivity contribution in [2.24, 2.45) is 4.99 Å². The monoisotopic (exact) mass is 242 g/mol. The fraction of sp³-hybridized carbons (Fsp3) is 0.0714. The van der Waals surface area contributed by atoms with E-state index in [-0.39, 0.29) is 5.62 Å². The number of hydrogen-bond donors (Lipinski definition) is 0. The Morgan fingerprint density at radius 3 is 2.47 bits per heavy atom. The standard InChI is InChI=1S/C14H11ClN2/c15-14-16-13-9-5-4-6-11(13)10-17(14)12-7-2-1-3-8-12/h1-10,14H/t14-/m1/s1. The summed E-state index contributed by atoms with van der Waals surface area (Å²) in [5, 5.41) is 2.04. The minimum atomic E-state index is -0.382. The van der Waals surface area contributed by atoms with Crippen molar-refractivity contribution >= 4 is 23.5 Å². The van der Waals surface area contributed by atoms with Gasteiger partial charge in [0.2, 0.25) is 5.62 Å². The fourth-order valence-corrected chi connectivity index (χ4v) is 2.17. The van der Waals surface area contributed by atoms with Crippen molar-refractivity contribution in [2.75, 3.05) is 4.90 Å². The van der Waals surface area contributed by atoms with Gasteiger partial charge in [-0.2, -0.15) is 0 Å². The SMILES string of the molecule is Cl[C@@H]1N=c2ccccc2=CN1c1ccccc1. The molecule has 0 saturated heterocycles. The lowest BCUT2D eigenvalue weighted by atomic mass is 10.2. The Morgan fingerprint density at radius 1 is 0.941 bits per heavy atom. The van der Waals surface area contributed by atoms with Crippen LogP contribution in [-0.2, 0) is 0 Å². The molecule has 0 unspecified atom stereocenters. The molecule has 0 spiro atoms. The first-order chi connectivity index (χ1) is 8.34. The summed E-state index contributed by atoms with van der Waals surface area (Å²) >= 11 is 6.27. The third kappa shape index (κ3) is 1.92. The maximum absolute atomic E-state index is 6.27. The Morgan fingerprint density at radius 2 is 1.65 bits per heavy atom. The summed E-state index contributed by atoms with van der Waals surface area (Å²) in [5.74, 6) is 0. The summed E-state index contributed by atoms with van der Waals surface area (Å²) in [5.41, 5.74) is 0.665. The van der Waals surface area contributed by atoms with Crippen LogP contribution in [0.4, 0.5) is 5.69 Å². The van der Waals surface area contributed by atoms with E-state index in [9.17, 15) is 0 Å². The maximum Gasteiger partial charge on any atom is 0.202 e. The van der Waals surface area contributed by atoms with E-state index >= 15 is 0 Å². The van der Waals surface area contributed by atoms with Crippen molar-refractivity contribution in [1.82, 2.24) is 0 Å². The second-order valence-corrected chi connectivity index (χ2v) is 4.26. The normalized spacial score (nSPS) is 17.9. The molecule has 1 heterocycles. The van der Waals surface area contributed by atoms with Crippen molar-refractivity contribution in [1.29, 1.82) is 0 Å². The van der Waals surface area contributed by atoms with E-state index < -0.39 is 0 Å². The Balaban J connectivity index is 2.14. The smallest absolute Gasteiger partial charge is 0.202 e. The Labute approximate surface area is 104 Å². The van der Waals surface area contributed by atoms with E-state index in [1.165, 1.54) is 0 Å². The van der Waals surface area contributed by atoms with Gasteiger partial charge in [-0.15, -0.1) is 0 Å². The Hall–Kier alpha value is -1.80. The number of alkyl halides is 1. The number of hydrogen-bond acceptors (Lipinski definition) is 2. The summed E-state index contributed by atoms with van der Waals surface area (Å²) in [6.45, 7) is 0. The molecule has 3 rings (SSSR count). The van der Waals surface area contributed by atoms with E-state index in [1.807, 2.05) is 65.7 Å². The average molecular weight is 243 g/mol. The third-order valence-electron chi connectivity index (χ3n) is 2.74. The van der Waals surface area contributed by atoms with Gasteiger partial charge < -0.3 is 4.90 Å². The molecule has 2 aromatic carbocycles. The minimum Gasteiger partial charge on any atom is -0.312 e. The van der Waals surface area contributed by atoms with Crippen molar-refractivity contribution in [3.05, 3.63) is 65.2 Å². The van der Waals surface area contributed by atoms with Crippen LogP contribution in [0.25, 0.3) is 6.20 Å². The number of anilines is 1. The number of nitrogens with zero attached hydrogens (tertiary/aromatic N) is 2. The summed E-state index contributed by atoms with van der Waals surface area (Å²) in [6, 6.07) is 18.0. The molecule has 2 nitrogen and oxygen atoms in total. The zero-order valence-electron chi connectivity index (χ0n) is 9.12. The highest BCUT2D eigenvalue weighted by Crippen LogP contribution is 2.20. The first-order valence-electron chi connectivity index (χ1n) is 5.47. The molecular weight excluding hydrogens is 232 g/mol. The van der Waals surface area contributed by atoms with E-state index in [2.05, 4.69) is 4.99 Å². The summed E-state index contributed by atoms with van der Waals surface area (Å²) < 4.78 is 0. The molecule has 2 aromatic rings. The Bertz CT molecular complexity index is 637. The lowest BCUT2D eigenvalue weighted by molar-refractivity contribution is 0.868. The van der Waals surface area contributed by atoms with Crippen LogP contribution in [0.15, 0.2) is 59.6 Å². The van der Waals surface area contributed by atoms with Crippen LogP contribution in [0.2, 0.25) is 0 Å². The fourth-order valence-electron chi connectivity index (χ4n) is 1.90. The van der Waals surface area contributed by atoms with Crippen molar-refractivity contribution < 1.29 is 0 Å². The first-order valence-corrected chi connectivity index (χ1v) is 5.90. The molecular formula is C14H11ClN2. The van der Waals surface area contributed by atoms with Crippen LogP contribution in [0.1, 0.15) is 0 Å². The number of benzene rings is 2. The zero-order valence-corrected chi connectivity index (χ0v) is 9.88. The quantitative estimate of drug-likeness (QED) is 0.552. The van der Waals surface area contributed by atoms with Crippen LogP contribution in [0.3, 0.4) is 0 Å².